The molecule has 6 heteroatoms. The number of hydrogen-bond acceptors (Lipinski definition) is 4. The van der Waals surface area contributed by atoms with Gasteiger partial charge in [-0.3, -0.25) is 9.89 Å². The van der Waals surface area contributed by atoms with E-state index < -0.39 is 0 Å². The van der Waals surface area contributed by atoms with Crippen LogP contribution in [0.2, 0.25) is 0 Å². The predicted octanol–water partition coefficient (Wildman–Crippen LogP) is 2.81. The number of hydrogen-bond donors (Lipinski definition) is 2. The van der Waals surface area contributed by atoms with Crippen LogP contribution in [-0.2, 0) is 11.3 Å². The number of aryl methyl sites for hydroxylation is 1. The lowest BCUT2D eigenvalue weighted by molar-refractivity contribution is 0.145. The number of rotatable bonds is 10. The van der Waals surface area contributed by atoms with E-state index in [4.69, 9.17) is 9.47 Å². The first-order valence-corrected chi connectivity index (χ1v) is 10.4. The summed E-state index contributed by atoms with van der Waals surface area (Å²) in [7, 11) is 3.51. The molecule has 1 aliphatic rings. The number of guanidine groups is 1. The van der Waals surface area contributed by atoms with Crippen LogP contribution in [0.5, 0.6) is 5.75 Å². The normalized spacial score (nSPS) is 17.9. The molecule has 6 nitrogen and oxygen atoms in total. The van der Waals surface area contributed by atoms with Crippen LogP contribution in [0.15, 0.2) is 23.2 Å². The molecule has 0 aliphatic carbocycles. The third-order valence-electron chi connectivity index (χ3n) is 5.04. The van der Waals surface area contributed by atoms with Gasteiger partial charge in [-0.25, -0.2) is 0 Å². The SMILES string of the molecule is CN=C(NCc1ccc(C)cc1OCCOC)NC[C@H]1CCCN1CC(C)C. The Balaban J connectivity index is 1.86. The lowest BCUT2D eigenvalue weighted by Gasteiger charge is -2.27. The minimum atomic E-state index is 0.549. The van der Waals surface area contributed by atoms with Gasteiger partial charge in [-0.1, -0.05) is 26.0 Å². The van der Waals surface area contributed by atoms with Gasteiger partial charge in [0, 0.05) is 45.4 Å². The van der Waals surface area contributed by atoms with E-state index in [9.17, 15) is 0 Å². The Morgan fingerprint density at radius 3 is 2.82 bits per heavy atom. The van der Waals surface area contributed by atoms with E-state index in [1.807, 2.05) is 7.05 Å². The monoisotopic (exact) mass is 390 g/mol. The van der Waals surface area contributed by atoms with Gasteiger partial charge >= 0.3 is 0 Å². The fourth-order valence-corrected chi connectivity index (χ4v) is 3.63. The van der Waals surface area contributed by atoms with Crippen LogP contribution in [0.4, 0.5) is 0 Å². The Kier molecular flexibility index (Phi) is 9.58. The number of ether oxygens (including phenoxy) is 2. The van der Waals surface area contributed by atoms with Crippen LogP contribution in [0, 0.1) is 12.8 Å². The first-order valence-electron chi connectivity index (χ1n) is 10.4. The summed E-state index contributed by atoms with van der Waals surface area (Å²) in [5.41, 5.74) is 2.30. The van der Waals surface area contributed by atoms with Crippen LogP contribution in [0.3, 0.4) is 0 Å². The van der Waals surface area contributed by atoms with Gasteiger partial charge in [-0.05, 0) is 43.9 Å². The quantitative estimate of drug-likeness (QED) is 0.365. The largest absolute Gasteiger partial charge is 0.491 e. The predicted molar refractivity (Wildman–Crippen MR) is 116 cm³/mol. The number of benzene rings is 1. The van der Waals surface area contributed by atoms with Gasteiger partial charge in [0.2, 0.25) is 0 Å². The number of methoxy groups -OCH3 is 1. The second kappa shape index (κ2) is 11.9. The molecule has 0 unspecified atom stereocenters. The summed E-state index contributed by atoms with van der Waals surface area (Å²) in [4.78, 5) is 6.99. The van der Waals surface area contributed by atoms with Gasteiger partial charge in [0.05, 0.1) is 6.61 Å². The summed E-state index contributed by atoms with van der Waals surface area (Å²) < 4.78 is 11.0. The molecule has 1 atom stereocenters. The van der Waals surface area contributed by atoms with Crippen molar-refractivity contribution in [1.29, 1.82) is 0 Å². The van der Waals surface area contributed by atoms with Gasteiger partial charge in [0.1, 0.15) is 12.4 Å². The Bertz CT molecular complexity index is 619. The van der Waals surface area contributed by atoms with E-state index in [1.165, 1.54) is 31.5 Å². The molecule has 1 aliphatic heterocycles. The molecule has 0 aromatic heterocycles. The Labute approximate surface area is 170 Å². The van der Waals surface area contributed by atoms with Crippen molar-refractivity contribution in [3.05, 3.63) is 29.3 Å². The zero-order chi connectivity index (χ0) is 20.4. The summed E-state index contributed by atoms with van der Waals surface area (Å²) in [5, 5.41) is 6.93. The molecule has 0 spiro atoms. The minimum Gasteiger partial charge on any atom is -0.491 e. The summed E-state index contributed by atoms with van der Waals surface area (Å²) in [5.74, 6) is 2.44. The molecule has 1 saturated heterocycles. The maximum atomic E-state index is 5.88. The average molecular weight is 391 g/mol. The number of aliphatic imine (C=N–C) groups is 1. The summed E-state index contributed by atoms with van der Waals surface area (Å²) >= 11 is 0. The molecular weight excluding hydrogens is 352 g/mol. The van der Waals surface area contributed by atoms with Gasteiger partial charge in [0.15, 0.2) is 5.96 Å². The van der Waals surface area contributed by atoms with Crippen molar-refractivity contribution in [2.75, 3.05) is 47.0 Å². The molecule has 28 heavy (non-hydrogen) atoms. The molecule has 2 N–H and O–H groups in total. The number of likely N-dealkylation sites (tertiary alicyclic amines) is 1. The minimum absolute atomic E-state index is 0.549. The van der Waals surface area contributed by atoms with Crippen molar-refractivity contribution in [3.63, 3.8) is 0 Å². The second-order valence-corrected chi connectivity index (χ2v) is 7.94. The first kappa shape index (κ1) is 22.5. The van der Waals surface area contributed by atoms with Crippen LogP contribution in [-0.4, -0.2) is 63.9 Å². The van der Waals surface area contributed by atoms with E-state index in [1.54, 1.807) is 7.11 Å². The highest BCUT2D eigenvalue weighted by atomic mass is 16.5. The standard InChI is InChI=1S/C22H38N4O2/c1-17(2)16-26-10-6-7-20(26)15-25-22(23-4)24-14-19-9-8-18(3)13-21(19)28-12-11-27-5/h8-9,13,17,20H,6-7,10-12,14-16H2,1-5H3,(H2,23,24,25)/t20-/m1/s1. The molecule has 158 valence electrons. The molecule has 1 aromatic rings. The highest BCUT2D eigenvalue weighted by molar-refractivity contribution is 5.79. The van der Waals surface area contributed by atoms with E-state index in [0.29, 0.717) is 31.7 Å². The Morgan fingerprint density at radius 2 is 2.11 bits per heavy atom. The van der Waals surface area contributed by atoms with Crippen molar-refractivity contribution in [1.82, 2.24) is 15.5 Å². The van der Waals surface area contributed by atoms with Gasteiger partial charge in [0.25, 0.3) is 0 Å². The van der Waals surface area contributed by atoms with Crippen molar-refractivity contribution < 1.29 is 9.47 Å². The summed E-state index contributed by atoms with van der Waals surface area (Å²) in [6.45, 7) is 11.8. The maximum Gasteiger partial charge on any atom is 0.191 e. The van der Waals surface area contributed by atoms with Crippen LogP contribution >= 0.6 is 0 Å². The Hall–Kier alpha value is -1.79. The lowest BCUT2D eigenvalue weighted by Crippen LogP contribution is -2.45. The van der Waals surface area contributed by atoms with Gasteiger partial charge in [-0.2, -0.15) is 0 Å². The van der Waals surface area contributed by atoms with Crippen molar-refractivity contribution in [2.45, 2.75) is 46.2 Å². The molecule has 1 fully saturated rings. The molecule has 0 amide bonds. The van der Waals surface area contributed by atoms with E-state index in [-0.39, 0.29) is 0 Å². The van der Waals surface area contributed by atoms with Crippen molar-refractivity contribution >= 4 is 5.96 Å². The number of nitrogens with zero attached hydrogens (tertiary/aromatic N) is 2. The van der Waals surface area contributed by atoms with Gasteiger partial charge < -0.3 is 20.1 Å². The van der Waals surface area contributed by atoms with E-state index >= 15 is 0 Å². The van der Waals surface area contributed by atoms with Gasteiger partial charge in [-0.15, -0.1) is 0 Å². The molecule has 0 radical (unpaired) electrons. The molecule has 1 heterocycles. The van der Waals surface area contributed by atoms with E-state index in [2.05, 4.69) is 59.5 Å². The third kappa shape index (κ3) is 7.32. The smallest absolute Gasteiger partial charge is 0.191 e. The average Bonchev–Trinajstić information content (AvgIpc) is 3.09. The molecule has 2 rings (SSSR count). The highest BCUT2D eigenvalue weighted by Gasteiger charge is 2.24. The molecule has 0 bridgehead atoms. The topological polar surface area (TPSA) is 58.1 Å². The molecule has 1 aromatic carbocycles. The van der Waals surface area contributed by atoms with Crippen molar-refractivity contribution in [3.8, 4) is 5.75 Å². The molecule has 0 saturated carbocycles. The second-order valence-electron chi connectivity index (χ2n) is 7.94. The fourth-order valence-electron chi connectivity index (χ4n) is 3.63. The van der Waals surface area contributed by atoms with Crippen LogP contribution < -0.4 is 15.4 Å². The van der Waals surface area contributed by atoms with Crippen molar-refractivity contribution in [2.24, 2.45) is 10.9 Å². The first-order chi connectivity index (χ1) is 13.5. The zero-order valence-corrected chi connectivity index (χ0v) is 18.3. The zero-order valence-electron chi connectivity index (χ0n) is 18.3. The van der Waals surface area contributed by atoms with Crippen LogP contribution in [0.25, 0.3) is 0 Å². The third-order valence-corrected chi connectivity index (χ3v) is 5.04. The molecular formula is C22H38N4O2. The maximum absolute atomic E-state index is 5.88. The fraction of sp³-hybridized carbons (Fsp3) is 0.682. The Morgan fingerprint density at radius 1 is 1.29 bits per heavy atom. The number of nitrogens with one attached hydrogen (secondary N) is 2. The highest BCUT2D eigenvalue weighted by Crippen LogP contribution is 2.20. The lowest BCUT2D eigenvalue weighted by atomic mass is 10.1. The van der Waals surface area contributed by atoms with E-state index in [0.717, 1.165) is 23.8 Å². The van der Waals surface area contributed by atoms with Crippen LogP contribution in [0.1, 0.15) is 37.8 Å². The summed E-state index contributed by atoms with van der Waals surface area (Å²) in [6, 6.07) is 6.89. The summed E-state index contributed by atoms with van der Waals surface area (Å²) in [6.07, 6.45) is 2.54.